The third kappa shape index (κ3) is 2.81. The second kappa shape index (κ2) is 6.20. The van der Waals surface area contributed by atoms with E-state index in [-0.39, 0.29) is 11.2 Å². The summed E-state index contributed by atoms with van der Waals surface area (Å²) in [5.41, 5.74) is 0.537. The van der Waals surface area contributed by atoms with Gasteiger partial charge in [-0.3, -0.25) is 4.79 Å². The van der Waals surface area contributed by atoms with Crippen molar-refractivity contribution in [2.24, 2.45) is 5.41 Å². The first-order chi connectivity index (χ1) is 9.23. The lowest BCUT2D eigenvalue weighted by atomic mass is 9.70. The molecule has 0 radical (unpaired) electrons. The molecule has 1 fully saturated rings. The van der Waals surface area contributed by atoms with Gasteiger partial charge >= 0.3 is 0 Å². The number of Topliss-reactive ketones (excluding diaryl/α,β-unsaturated/α-hetero) is 1. The number of nitrogens with one attached hydrogen (secondary N) is 1. The molecule has 1 aromatic carbocycles. The predicted octanol–water partition coefficient (Wildman–Crippen LogP) is 3.05. The van der Waals surface area contributed by atoms with Crippen LogP contribution in [0.5, 0.6) is 5.75 Å². The van der Waals surface area contributed by atoms with Crippen LogP contribution in [0.1, 0.15) is 43.0 Å². The number of carbonyl (C=O) groups is 1. The average Bonchev–Trinajstić information content (AvgIpc) is 2.47. The summed E-state index contributed by atoms with van der Waals surface area (Å²) in [6, 6.07) is 7.58. The quantitative estimate of drug-likeness (QED) is 0.828. The normalized spacial score (nSPS) is 18.0. The van der Waals surface area contributed by atoms with Crippen molar-refractivity contribution in [3.8, 4) is 5.75 Å². The minimum atomic E-state index is -0.200. The number of hydrogen-bond acceptors (Lipinski definition) is 3. The highest BCUT2D eigenvalue weighted by atomic mass is 16.5. The Morgan fingerprint density at radius 1 is 1.32 bits per heavy atom. The van der Waals surface area contributed by atoms with Gasteiger partial charge in [-0.1, -0.05) is 25.5 Å². The van der Waals surface area contributed by atoms with Crippen LogP contribution in [0.2, 0.25) is 0 Å². The van der Waals surface area contributed by atoms with Crippen LogP contribution in [0, 0.1) is 5.41 Å². The summed E-state index contributed by atoms with van der Waals surface area (Å²) in [7, 11) is 1.63. The third-order valence-corrected chi connectivity index (χ3v) is 4.12. The third-order valence-electron chi connectivity index (χ3n) is 4.12. The number of para-hydroxylation sites is 1. The molecule has 1 heterocycles. The Morgan fingerprint density at radius 3 is 2.63 bits per heavy atom. The number of carbonyl (C=O) groups excluding carboxylic acids is 1. The van der Waals surface area contributed by atoms with Gasteiger partial charge in [-0.15, -0.1) is 0 Å². The van der Waals surface area contributed by atoms with Gasteiger partial charge in [0.05, 0.1) is 12.7 Å². The van der Waals surface area contributed by atoms with Crippen molar-refractivity contribution in [3.05, 3.63) is 29.8 Å². The SMILES string of the molecule is CCCC1(C(=O)c2ccccc2OC)CCNCC1. The van der Waals surface area contributed by atoms with E-state index in [0.717, 1.165) is 44.3 Å². The summed E-state index contributed by atoms with van der Waals surface area (Å²) >= 11 is 0. The Bertz CT molecular complexity index is 431. The lowest BCUT2D eigenvalue weighted by Gasteiger charge is -2.36. The number of ketones is 1. The molecule has 2 rings (SSSR count). The van der Waals surface area contributed by atoms with E-state index in [1.165, 1.54) is 0 Å². The van der Waals surface area contributed by atoms with Crippen molar-refractivity contribution in [2.75, 3.05) is 20.2 Å². The fourth-order valence-electron chi connectivity index (χ4n) is 3.09. The summed E-state index contributed by atoms with van der Waals surface area (Å²) in [6.45, 7) is 4.01. The van der Waals surface area contributed by atoms with E-state index in [2.05, 4.69) is 12.2 Å². The number of rotatable bonds is 5. The first-order valence-corrected chi connectivity index (χ1v) is 7.12. The molecule has 1 aromatic rings. The van der Waals surface area contributed by atoms with Gasteiger partial charge in [0, 0.05) is 5.41 Å². The van der Waals surface area contributed by atoms with Crippen LogP contribution < -0.4 is 10.1 Å². The molecular weight excluding hydrogens is 238 g/mol. The Labute approximate surface area is 115 Å². The Kier molecular flexibility index (Phi) is 4.59. The second-order valence-corrected chi connectivity index (χ2v) is 5.31. The van der Waals surface area contributed by atoms with E-state index in [4.69, 9.17) is 4.74 Å². The highest BCUT2D eigenvalue weighted by Gasteiger charge is 2.39. The van der Waals surface area contributed by atoms with Crippen molar-refractivity contribution in [1.82, 2.24) is 5.32 Å². The molecule has 1 N–H and O–H groups in total. The van der Waals surface area contributed by atoms with Gasteiger partial charge in [0.25, 0.3) is 0 Å². The molecule has 0 saturated carbocycles. The number of methoxy groups -OCH3 is 1. The van der Waals surface area contributed by atoms with Crippen LogP contribution in [0.15, 0.2) is 24.3 Å². The summed E-state index contributed by atoms with van der Waals surface area (Å²) < 4.78 is 5.34. The van der Waals surface area contributed by atoms with Crippen LogP contribution in [0.25, 0.3) is 0 Å². The van der Waals surface area contributed by atoms with Gasteiger partial charge in [-0.2, -0.15) is 0 Å². The molecular formula is C16H23NO2. The Morgan fingerprint density at radius 2 is 2.00 bits per heavy atom. The zero-order valence-corrected chi connectivity index (χ0v) is 11.9. The maximum absolute atomic E-state index is 13.0. The molecule has 3 nitrogen and oxygen atoms in total. The summed E-state index contributed by atoms with van der Waals surface area (Å²) in [6.07, 6.45) is 3.86. The molecule has 19 heavy (non-hydrogen) atoms. The minimum absolute atomic E-state index is 0.200. The van der Waals surface area contributed by atoms with E-state index in [1.807, 2.05) is 24.3 Å². The lowest BCUT2D eigenvalue weighted by molar-refractivity contribution is 0.0701. The smallest absolute Gasteiger partial charge is 0.172 e. The van der Waals surface area contributed by atoms with Crippen LogP contribution in [-0.2, 0) is 0 Å². The van der Waals surface area contributed by atoms with Crippen molar-refractivity contribution >= 4 is 5.78 Å². The minimum Gasteiger partial charge on any atom is -0.496 e. The molecule has 0 unspecified atom stereocenters. The second-order valence-electron chi connectivity index (χ2n) is 5.31. The number of benzene rings is 1. The van der Waals surface area contributed by atoms with Crippen LogP contribution in [0.4, 0.5) is 0 Å². The molecule has 0 aromatic heterocycles. The van der Waals surface area contributed by atoms with Gasteiger partial charge in [-0.25, -0.2) is 0 Å². The fraction of sp³-hybridized carbons (Fsp3) is 0.562. The maximum Gasteiger partial charge on any atom is 0.172 e. The molecule has 1 aliphatic heterocycles. The fourth-order valence-corrected chi connectivity index (χ4v) is 3.09. The molecule has 1 saturated heterocycles. The highest BCUT2D eigenvalue weighted by molar-refractivity contribution is 6.02. The van der Waals surface area contributed by atoms with E-state index >= 15 is 0 Å². The zero-order chi connectivity index (χ0) is 13.7. The van der Waals surface area contributed by atoms with Crippen LogP contribution >= 0.6 is 0 Å². The largest absolute Gasteiger partial charge is 0.496 e. The topological polar surface area (TPSA) is 38.3 Å². The van der Waals surface area contributed by atoms with Crippen LogP contribution in [0.3, 0.4) is 0 Å². The summed E-state index contributed by atoms with van der Waals surface area (Å²) in [4.78, 5) is 13.0. The zero-order valence-electron chi connectivity index (χ0n) is 11.9. The molecule has 104 valence electrons. The van der Waals surface area contributed by atoms with Gasteiger partial charge in [0.2, 0.25) is 0 Å². The molecule has 3 heteroatoms. The van der Waals surface area contributed by atoms with E-state index < -0.39 is 0 Å². The van der Waals surface area contributed by atoms with E-state index in [9.17, 15) is 4.79 Å². The summed E-state index contributed by atoms with van der Waals surface area (Å²) in [5, 5.41) is 3.35. The van der Waals surface area contributed by atoms with E-state index in [0.29, 0.717) is 5.75 Å². The van der Waals surface area contributed by atoms with Gasteiger partial charge in [0.1, 0.15) is 5.75 Å². The number of hydrogen-bond donors (Lipinski definition) is 1. The van der Waals surface area contributed by atoms with Gasteiger partial charge in [0.15, 0.2) is 5.78 Å². The Balaban J connectivity index is 2.33. The number of ether oxygens (including phenoxy) is 1. The number of piperidine rings is 1. The van der Waals surface area contributed by atoms with Gasteiger partial charge in [-0.05, 0) is 44.5 Å². The van der Waals surface area contributed by atoms with Crippen molar-refractivity contribution in [3.63, 3.8) is 0 Å². The molecule has 0 bridgehead atoms. The Hall–Kier alpha value is -1.35. The average molecular weight is 261 g/mol. The monoisotopic (exact) mass is 261 g/mol. The molecule has 0 atom stereocenters. The first-order valence-electron chi connectivity index (χ1n) is 7.12. The molecule has 0 amide bonds. The maximum atomic E-state index is 13.0. The van der Waals surface area contributed by atoms with Crippen molar-refractivity contribution in [1.29, 1.82) is 0 Å². The lowest BCUT2D eigenvalue weighted by Crippen LogP contribution is -2.42. The first kappa shape index (κ1) is 14.1. The summed E-state index contributed by atoms with van der Waals surface area (Å²) in [5.74, 6) is 0.954. The van der Waals surface area contributed by atoms with Gasteiger partial charge < -0.3 is 10.1 Å². The van der Waals surface area contributed by atoms with E-state index in [1.54, 1.807) is 7.11 Å². The van der Waals surface area contributed by atoms with Crippen LogP contribution in [-0.4, -0.2) is 26.0 Å². The molecule has 0 aliphatic carbocycles. The highest BCUT2D eigenvalue weighted by Crippen LogP contribution is 2.39. The molecule has 1 aliphatic rings. The standard InChI is InChI=1S/C16H23NO2/c1-3-8-16(9-11-17-12-10-16)15(18)13-6-4-5-7-14(13)19-2/h4-7,17H,3,8-12H2,1-2H3. The molecule has 0 spiro atoms. The predicted molar refractivity (Wildman–Crippen MR) is 76.8 cm³/mol. The van der Waals surface area contributed by atoms with Crippen molar-refractivity contribution in [2.45, 2.75) is 32.6 Å². The van der Waals surface area contributed by atoms with Crippen molar-refractivity contribution < 1.29 is 9.53 Å².